The number of hydrogen-bond donors (Lipinski definition) is 1. The highest BCUT2D eigenvalue weighted by atomic mass is 16.1. The van der Waals surface area contributed by atoms with E-state index in [2.05, 4.69) is 25.8 Å². The monoisotopic (exact) mass is 179 g/mol. The number of hydrogen-bond acceptors (Lipinski definition) is 1. The second kappa shape index (κ2) is 4.26. The lowest BCUT2D eigenvalue weighted by Crippen LogP contribution is -2.12. The van der Waals surface area contributed by atoms with Gasteiger partial charge < -0.3 is 4.98 Å². The summed E-state index contributed by atoms with van der Waals surface area (Å²) in [5, 5.41) is 0. The minimum atomic E-state index is -0.00606. The molecule has 0 aliphatic heterocycles. The van der Waals surface area contributed by atoms with Crippen molar-refractivity contribution in [3.8, 4) is 0 Å². The number of aromatic nitrogens is 1. The molecule has 1 aromatic heterocycles. The third kappa shape index (κ3) is 3.05. The molecule has 0 aromatic carbocycles. The molecule has 13 heavy (non-hydrogen) atoms. The second-order valence-corrected chi connectivity index (χ2v) is 3.97. The van der Waals surface area contributed by atoms with Crippen LogP contribution in [-0.2, 0) is 6.42 Å². The molecule has 0 fully saturated rings. The predicted molar refractivity (Wildman–Crippen MR) is 54.8 cm³/mol. The Morgan fingerprint density at radius 2 is 2.00 bits per heavy atom. The lowest BCUT2D eigenvalue weighted by Gasteiger charge is -2.14. The molecule has 0 radical (unpaired) electrons. The molecule has 1 aromatic rings. The Morgan fingerprint density at radius 1 is 1.31 bits per heavy atom. The zero-order chi connectivity index (χ0) is 9.84. The fraction of sp³-hybridized carbons (Fsp3) is 0.545. The Labute approximate surface area is 79.0 Å². The first-order chi connectivity index (χ1) is 6.09. The van der Waals surface area contributed by atoms with Crippen molar-refractivity contribution in [3.05, 3.63) is 34.2 Å². The summed E-state index contributed by atoms with van der Waals surface area (Å²) in [5.41, 5.74) is 1.03. The van der Waals surface area contributed by atoms with Crippen molar-refractivity contribution in [1.82, 2.24) is 4.98 Å². The summed E-state index contributed by atoms with van der Waals surface area (Å²) >= 11 is 0. The maximum atomic E-state index is 11.0. The first-order valence-corrected chi connectivity index (χ1v) is 4.78. The van der Waals surface area contributed by atoms with E-state index < -0.39 is 0 Å². The van der Waals surface area contributed by atoms with Gasteiger partial charge in [-0.05, 0) is 24.3 Å². The van der Waals surface area contributed by atoms with Crippen molar-refractivity contribution >= 4 is 0 Å². The number of nitrogens with one attached hydrogen (secondary N) is 1. The van der Waals surface area contributed by atoms with E-state index in [9.17, 15) is 4.79 Å². The molecular formula is C11H17NO. The van der Waals surface area contributed by atoms with E-state index in [0.29, 0.717) is 11.8 Å². The van der Waals surface area contributed by atoms with Crippen molar-refractivity contribution in [2.45, 2.75) is 27.2 Å². The number of rotatable bonds is 3. The summed E-state index contributed by atoms with van der Waals surface area (Å²) in [6.07, 6.45) is 0.952. The number of H-pyrrole nitrogens is 1. The average molecular weight is 179 g/mol. The zero-order valence-electron chi connectivity index (χ0n) is 8.50. The molecule has 0 amide bonds. The van der Waals surface area contributed by atoms with Crippen LogP contribution in [0.2, 0.25) is 0 Å². The minimum Gasteiger partial charge on any atom is -0.326 e. The van der Waals surface area contributed by atoms with Gasteiger partial charge in [-0.15, -0.1) is 0 Å². The summed E-state index contributed by atoms with van der Waals surface area (Å²) in [4.78, 5) is 13.8. The van der Waals surface area contributed by atoms with Crippen molar-refractivity contribution in [3.63, 3.8) is 0 Å². The van der Waals surface area contributed by atoms with Crippen LogP contribution in [0.1, 0.15) is 26.5 Å². The number of pyridine rings is 1. The SMILES string of the molecule is CC(C)C(C)Cc1cccc(=O)[nH]1. The quantitative estimate of drug-likeness (QED) is 0.758. The summed E-state index contributed by atoms with van der Waals surface area (Å²) < 4.78 is 0. The van der Waals surface area contributed by atoms with Gasteiger partial charge in [0.05, 0.1) is 0 Å². The maximum absolute atomic E-state index is 11.0. The van der Waals surface area contributed by atoms with Crippen LogP contribution in [-0.4, -0.2) is 4.98 Å². The molecule has 0 saturated carbocycles. The Hall–Kier alpha value is -1.05. The van der Waals surface area contributed by atoms with E-state index in [1.165, 1.54) is 0 Å². The Bertz CT molecular complexity index is 314. The van der Waals surface area contributed by atoms with E-state index in [1.807, 2.05) is 6.07 Å². The van der Waals surface area contributed by atoms with Gasteiger partial charge in [0.1, 0.15) is 0 Å². The Morgan fingerprint density at radius 3 is 2.54 bits per heavy atom. The van der Waals surface area contributed by atoms with Crippen molar-refractivity contribution in [1.29, 1.82) is 0 Å². The van der Waals surface area contributed by atoms with Crippen LogP contribution < -0.4 is 5.56 Å². The smallest absolute Gasteiger partial charge is 0.248 e. The maximum Gasteiger partial charge on any atom is 0.248 e. The Kier molecular flexibility index (Phi) is 3.29. The molecule has 0 bridgehead atoms. The van der Waals surface area contributed by atoms with Crippen LogP contribution in [0.15, 0.2) is 23.0 Å². The van der Waals surface area contributed by atoms with Crippen molar-refractivity contribution < 1.29 is 0 Å². The third-order valence-electron chi connectivity index (χ3n) is 2.51. The van der Waals surface area contributed by atoms with Gasteiger partial charge in [-0.2, -0.15) is 0 Å². The molecule has 1 unspecified atom stereocenters. The normalized spacial score (nSPS) is 13.2. The highest BCUT2D eigenvalue weighted by Crippen LogP contribution is 2.13. The largest absolute Gasteiger partial charge is 0.326 e. The lowest BCUT2D eigenvalue weighted by atomic mass is 9.93. The van der Waals surface area contributed by atoms with Gasteiger partial charge in [-0.1, -0.05) is 26.8 Å². The van der Waals surface area contributed by atoms with Crippen LogP contribution in [0.3, 0.4) is 0 Å². The van der Waals surface area contributed by atoms with Crippen LogP contribution in [0.25, 0.3) is 0 Å². The molecule has 1 rings (SSSR count). The fourth-order valence-electron chi connectivity index (χ4n) is 1.19. The van der Waals surface area contributed by atoms with Gasteiger partial charge in [0, 0.05) is 11.8 Å². The van der Waals surface area contributed by atoms with E-state index in [0.717, 1.165) is 12.1 Å². The van der Waals surface area contributed by atoms with Crippen LogP contribution in [0.5, 0.6) is 0 Å². The van der Waals surface area contributed by atoms with Gasteiger partial charge >= 0.3 is 0 Å². The van der Waals surface area contributed by atoms with Crippen LogP contribution in [0, 0.1) is 11.8 Å². The van der Waals surface area contributed by atoms with Gasteiger partial charge in [0.2, 0.25) is 5.56 Å². The van der Waals surface area contributed by atoms with E-state index in [4.69, 9.17) is 0 Å². The average Bonchev–Trinajstić information content (AvgIpc) is 2.04. The molecule has 0 spiro atoms. The molecule has 72 valence electrons. The first kappa shape index (κ1) is 10.0. The van der Waals surface area contributed by atoms with E-state index in [1.54, 1.807) is 12.1 Å². The summed E-state index contributed by atoms with van der Waals surface area (Å²) in [6.45, 7) is 6.60. The molecule has 0 aliphatic rings. The van der Waals surface area contributed by atoms with E-state index >= 15 is 0 Å². The third-order valence-corrected chi connectivity index (χ3v) is 2.51. The molecule has 1 atom stereocenters. The van der Waals surface area contributed by atoms with Crippen molar-refractivity contribution in [2.75, 3.05) is 0 Å². The predicted octanol–water partition coefficient (Wildman–Crippen LogP) is 2.21. The van der Waals surface area contributed by atoms with E-state index in [-0.39, 0.29) is 5.56 Å². The summed E-state index contributed by atoms with van der Waals surface area (Å²) in [7, 11) is 0. The molecule has 1 N–H and O–H groups in total. The van der Waals surface area contributed by atoms with Crippen LogP contribution >= 0.6 is 0 Å². The number of aromatic amines is 1. The lowest BCUT2D eigenvalue weighted by molar-refractivity contribution is 0.413. The molecule has 0 saturated heterocycles. The minimum absolute atomic E-state index is 0.00606. The van der Waals surface area contributed by atoms with Gasteiger partial charge in [0.25, 0.3) is 0 Å². The van der Waals surface area contributed by atoms with Gasteiger partial charge in [0.15, 0.2) is 0 Å². The summed E-state index contributed by atoms with van der Waals surface area (Å²) in [5.74, 6) is 1.27. The molecule has 0 aliphatic carbocycles. The Balaban J connectivity index is 2.69. The molecule has 2 heteroatoms. The molecule has 2 nitrogen and oxygen atoms in total. The molecular weight excluding hydrogens is 162 g/mol. The molecule has 1 heterocycles. The van der Waals surface area contributed by atoms with Gasteiger partial charge in [-0.25, -0.2) is 0 Å². The summed E-state index contributed by atoms with van der Waals surface area (Å²) in [6, 6.07) is 5.32. The standard InChI is InChI=1S/C11H17NO/c1-8(2)9(3)7-10-5-4-6-11(13)12-10/h4-6,8-9H,7H2,1-3H3,(H,12,13). The zero-order valence-corrected chi connectivity index (χ0v) is 8.50. The van der Waals surface area contributed by atoms with Gasteiger partial charge in [-0.3, -0.25) is 4.79 Å². The first-order valence-electron chi connectivity index (χ1n) is 4.78. The van der Waals surface area contributed by atoms with Crippen molar-refractivity contribution in [2.24, 2.45) is 11.8 Å². The van der Waals surface area contributed by atoms with Crippen LogP contribution in [0.4, 0.5) is 0 Å². The second-order valence-electron chi connectivity index (χ2n) is 3.97. The highest BCUT2D eigenvalue weighted by Gasteiger charge is 2.07. The highest BCUT2D eigenvalue weighted by molar-refractivity contribution is 5.04. The fourth-order valence-corrected chi connectivity index (χ4v) is 1.19. The topological polar surface area (TPSA) is 32.9 Å².